The normalized spacial score (nSPS) is 14.4. The van der Waals surface area contributed by atoms with Crippen molar-refractivity contribution in [1.82, 2.24) is 19.7 Å². The van der Waals surface area contributed by atoms with E-state index in [0.29, 0.717) is 43.2 Å². The van der Waals surface area contributed by atoms with Crippen molar-refractivity contribution >= 4 is 5.91 Å². The first-order chi connectivity index (χ1) is 13.6. The maximum atomic E-state index is 12.8. The maximum absolute atomic E-state index is 12.8. The number of hydrogen-bond donors (Lipinski definition) is 1. The minimum absolute atomic E-state index is 0.0750. The Bertz CT molecular complexity index is 954. The number of pyridine rings is 1. The van der Waals surface area contributed by atoms with Crippen LogP contribution in [0.2, 0.25) is 0 Å². The molecule has 1 amide bonds. The zero-order valence-corrected chi connectivity index (χ0v) is 15.7. The van der Waals surface area contributed by atoms with Crippen molar-refractivity contribution in [3.63, 3.8) is 0 Å². The molecule has 1 aliphatic rings. The van der Waals surface area contributed by atoms with E-state index in [1.807, 2.05) is 41.1 Å². The van der Waals surface area contributed by atoms with Crippen LogP contribution in [0.4, 0.5) is 0 Å². The SMILES string of the molecule is COc1ccc(C(=O)N2CCn3nc(C(O)Cc4ccccc4)cc3C2)cn1. The first-order valence-electron chi connectivity index (χ1n) is 9.22. The minimum atomic E-state index is -0.671. The van der Waals surface area contributed by atoms with E-state index in [1.165, 1.54) is 6.20 Å². The molecule has 1 N–H and O–H groups in total. The Morgan fingerprint density at radius 3 is 2.75 bits per heavy atom. The smallest absolute Gasteiger partial charge is 0.255 e. The van der Waals surface area contributed by atoms with E-state index in [-0.39, 0.29) is 5.91 Å². The number of carbonyl (C=O) groups excluding carboxylic acids is 1. The fraction of sp³-hybridized carbons (Fsp3) is 0.286. The number of aliphatic hydroxyl groups is 1. The van der Waals surface area contributed by atoms with E-state index < -0.39 is 6.10 Å². The van der Waals surface area contributed by atoms with Gasteiger partial charge in [0.05, 0.1) is 37.2 Å². The van der Waals surface area contributed by atoms with E-state index >= 15 is 0 Å². The Labute approximate surface area is 163 Å². The summed E-state index contributed by atoms with van der Waals surface area (Å²) in [6.07, 6.45) is 1.37. The molecule has 0 saturated heterocycles. The van der Waals surface area contributed by atoms with Crippen LogP contribution >= 0.6 is 0 Å². The molecule has 3 heterocycles. The van der Waals surface area contributed by atoms with Crippen LogP contribution in [-0.2, 0) is 19.5 Å². The number of rotatable bonds is 5. The van der Waals surface area contributed by atoms with Crippen LogP contribution in [0.15, 0.2) is 54.7 Å². The predicted molar refractivity (Wildman–Crippen MR) is 103 cm³/mol. The molecule has 2 aromatic heterocycles. The van der Waals surface area contributed by atoms with Gasteiger partial charge in [0, 0.05) is 25.2 Å². The monoisotopic (exact) mass is 378 g/mol. The van der Waals surface area contributed by atoms with Gasteiger partial charge in [-0.3, -0.25) is 9.48 Å². The highest BCUT2D eigenvalue weighted by atomic mass is 16.5. The van der Waals surface area contributed by atoms with Gasteiger partial charge in [-0.15, -0.1) is 0 Å². The number of amides is 1. The molecule has 1 unspecified atom stereocenters. The van der Waals surface area contributed by atoms with Gasteiger partial charge in [0.2, 0.25) is 5.88 Å². The lowest BCUT2D eigenvalue weighted by molar-refractivity contribution is 0.0705. The standard InChI is InChI=1S/C21H22N4O3/c1-28-20-8-7-16(13-22-20)21(27)24-9-10-25-17(14-24)12-18(23-25)19(26)11-15-5-3-2-4-6-15/h2-8,12-13,19,26H,9-11,14H2,1H3. The second-order valence-corrected chi connectivity index (χ2v) is 6.81. The van der Waals surface area contributed by atoms with E-state index in [1.54, 1.807) is 24.1 Å². The Balaban J connectivity index is 1.45. The first kappa shape index (κ1) is 18.2. The highest BCUT2D eigenvalue weighted by Gasteiger charge is 2.25. The molecular weight excluding hydrogens is 356 g/mol. The molecule has 0 radical (unpaired) electrons. The fourth-order valence-corrected chi connectivity index (χ4v) is 3.38. The van der Waals surface area contributed by atoms with Gasteiger partial charge in [-0.05, 0) is 17.7 Å². The molecule has 0 spiro atoms. The molecule has 1 aromatic carbocycles. The molecule has 0 bridgehead atoms. The lowest BCUT2D eigenvalue weighted by atomic mass is 10.1. The average molecular weight is 378 g/mol. The predicted octanol–water partition coefficient (Wildman–Crippen LogP) is 2.22. The van der Waals surface area contributed by atoms with Gasteiger partial charge in [0.1, 0.15) is 6.10 Å². The Kier molecular flexibility index (Phi) is 5.08. The molecule has 144 valence electrons. The number of benzene rings is 1. The van der Waals surface area contributed by atoms with Crippen LogP contribution in [0.5, 0.6) is 5.88 Å². The summed E-state index contributed by atoms with van der Waals surface area (Å²) >= 11 is 0. The molecule has 28 heavy (non-hydrogen) atoms. The third-order valence-corrected chi connectivity index (χ3v) is 4.91. The summed E-state index contributed by atoms with van der Waals surface area (Å²) < 4.78 is 6.91. The fourth-order valence-electron chi connectivity index (χ4n) is 3.38. The summed E-state index contributed by atoms with van der Waals surface area (Å²) in [6, 6.07) is 15.1. The van der Waals surface area contributed by atoms with E-state index in [2.05, 4.69) is 10.1 Å². The van der Waals surface area contributed by atoms with E-state index in [9.17, 15) is 9.90 Å². The zero-order valence-electron chi connectivity index (χ0n) is 15.7. The number of ether oxygens (including phenoxy) is 1. The second kappa shape index (κ2) is 7.82. The minimum Gasteiger partial charge on any atom is -0.481 e. The molecule has 1 aliphatic heterocycles. The highest BCUT2D eigenvalue weighted by molar-refractivity contribution is 5.94. The summed E-state index contributed by atoms with van der Waals surface area (Å²) in [5.41, 5.74) is 3.14. The van der Waals surface area contributed by atoms with Crippen molar-refractivity contribution in [2.75, 3.05) is 13.7 Å². The number of nitrogens with zero attached hydrogens (tertiary/aromatic N) is 4. The number of fused-ring (bicyclic) bond motifs is 1. The molecule has 3 aromatic rings. The van der Waals surface area contributed by atoms with Crippen LogP contribution in [0.25, 0.3) is 0 Å². The molecule has 7 nitrogen and oxygen atoms in total. The molecule has 0 saturated carbocycles. The number of carbonyl (C=O) groups is 1. The van der Waals surface area contributed by atoms with Crippen LogP contribution < -0.4 is 4.74 Å². The van der Waals surface area contributed by atoms with Gasteiger partial charge in [0.15, 0.2) is 0 Å². The van der Waals surface area contributed by atoms with Crippen molar-refractivity contribution in [2.24, 2.45) is 0 Å². The van der Waals surface area contributed by atoms with Crippen molar-refractivity contribution < 1.29 is 14.6 Å². The van der Waals surface area contributed by atoms with Crippen molar-refractivity contribution in [3.05, 3.63) is 77.2 Å². The number of aliphatic hydroxyl groups excluding tert-OH is 1. The molecule has 0 fully saturated rings. The number of aromatic nitrogens is 3. The van der Waals surface area contributed by atoms with Gasteiger partial charge in [-0.1, -0.05) is 30.3 Å². The largest absolute Gasteiger partial charge is 0.481 e. The first-order valence-corrected chi connectivity index (χ1v) is 9.22. The van der Waals surface area contributed by atoms with E-state index in [4.69, 9.17) is 4.74 Å². The van der Waals surface area contributed by atoms with Crippen molar-refractivity contribution in [2.45, 2.75) is 25.6 Å². The summed E-state index contributed by atoms with van der Waals surface area (Å²) in [5.74, 6) is 0.402. The Hall–Kier alpha value is -3.19. The van der Waals surface area contributed by atoms with Crippen molar-refractivity contribution in [1.29, 1.82) is 0 Å². The third-order valence-electron chi connectivity index (χ3n) is 4.91. The average Bonchev–Trinajstić information content (AvgIpc) is 3.17. The van der Waals surface area contributed by atoms with E-state index in [0.717, 1.165) is 11.3 Å². The lowest BCUT2D eigenvalue weighted by Crippen LogP contribution is -2.38. The van der Waals surface area contributed by atoms with Gasteiger partial charge >= 0.3 is 0 Å². The lowest BCUT2D eigenvalue weighted by Gasteiger charge is -2.27. The number of methoxy groups -OCH3 is 1. The highest BCUT2D eigenvalue weighted by Crippen LogP contribution is 2.22. The van der Waals surface area contributed by atoms with Crippen molar-refractivity contribution in [3.8, 4) is 5.88 Å². The van der Waals surface area contributed by atoms with Crippen LogP contribution in [0, 0.1) is 0 Å². The van der Waals surface area contributed by atoms with Crippen LogP contribution in [0.3, 0.4) is 0 Å². The Morgan fingerprint density at radius 2 is 2.04 bits per heavy atom. The van der Waals surface area contributed by atoms with Gasteiger partial charge < -0.3 is 14.7 Å². The molecule has 1 atom stereocenters. The summed E-state index contributed by atoms with van der Waals surface area (Å²) in [4.78, 5) is 18.6. The van der Waals surface area contributed by atoms with Crippen LogP contribution in [-0.4, -0.2) is 44.3 Å². The third kappa shape index (κ3) is 3.75. The number of hydrogen-bond acceptors (Lipinski definition) is 5. The second-order valence-electron chi connectivity index (χ2n) is 6.81. The Morgan fingerprint density at radius 1 is 1.21 bits per heavy atom. The molecule has 4 rings (SSSR count). The molecular formula is C21H22N4O3. The maximum Gasteiger partial charge on any atom is 0.255 e. The summed E-state index contributed by atoms with van der Waals surface area (Å²) in [5, 5.41) is 15.1. The molecule has 7 heteroatoms. The van der Waals surface area contributed by atoms with Gasteiger partial charge in [-0.25, -0.2) is 4.98 Å². The van der Waals surface area contributed by atoms with Gasteiger partial charge in [0.25, 0.3) is 5.91 Å². The van der Waals surface area contributed by atoms with Gasteiger partial charge in [-0.2, -0.15) is 5.10 Å². The quantitative estimate of drug-likeness (QED) is 0.736. The topological polar surface area (TPSA) is 80.5 Å². The summed E-state index contributed by atoms with van der Waals surface area (Å²) in [7, 11) is 1.54. The van der Waals surface area contributed by atoms with Crippen LogP contribution in [0.1, 0.15) is 33.4 Å². The molecule has 0 aliphatic carbocycles. The summed E-state index contributed by atoms with van der Waals surface area (Å²) in [6.45, 7) is 1.62. The zero-order chi connectivity index (χ0) is 19.5.